The lowest BCUT2D eigenvalue weighted by molar-refractivity contribution is -0.00276. The zero-order valence-electron chi connectivity index (χ0n) is 13.3. The van der Waals surface area contributed by atoms with Gasteiger partial charge in [-0.05, 0) is 50.7 Å². The Kier molecular flexibility index (Phi) is 3.97. The van der Waals surface area contributed by atoms with Crippen molar-refractivity contribution in [1.82, 2.24) is 10.4 Å². The van der Waals surface area contributed by atoms with Gasteiger partial charge in [-0.25, -0.2) is 9.40 Å². The largest absolute Gasteiger partial charge is 0.490 e. The Balaban J connectivity index is 1.56. The van der Waals surface area contributed by atoms with Crippen LogP contribution in [0.25, 0.3) is 0 Å². The van der Waals surface area contributed by atoms with Gasteiger partial charge in [0, 0.05) is 23.2 Å². The van der Waals surface area contributed by atoms with Crippen LogP contribution in [0.4, 0.5) is 4.39 Å². The second-order valence-electron chi connectivity index (χ2n) is 6.87. The van der Waals surface area contributed by atoms with E-state index in [0.29, 0.717) is 30.7 Å². The van der Waals surface area contributed by atoms with Crippen LogP contribution in [0.2, 0.25) is 0 Å². The quantitative estimate of drug-likeness (QED) is 0.867. The smallest absolute Gasteiger partial charge is 0.266 e. The van der Waals surface area contributed by atoms with Crippen LogP contribution in [0.1, 0.15) is 60.9 Å². The highest BCUT2D eigenvalue weighted by molar-refractivity contribution is 5.96. The molecule has 0 unspecified atom stereocenters. The average Bonchev–Trinajstić information content (AvgIpc) is 2.44. The molecule has 0 aromatic heterocycles. The lowest BCUT2D eigenvalue weighted by atomic mass is 9.86. The molecule has 2 fully saturated rings. The van der Waals surface area contributed by atoms with E-state index in [1.54, 1.807) is 6.07 Å². The summed E-state index contributed by atoms with van der Waals surface area (Å²) in [6.45, 7) is 0.519. The molecule has 3 aliphatic rings. The number of fused-ring (bicyclic) bond motifs is 1. The van der Waals surface area contributed by atoms with Crippen LogP contribution >= 0.6 is 0 Å². The van der Waals surface area contributed by atoms with E-state index >= 15 is 0 Å². The van der Waals surface area contributed by atoms with Gasteiger partial charge in [-0.2, -0.15) is 0 Å². The number of rotatable bonds is 4. The first-order valence-electron chi connectivity index (χ1n) is 8.77. The van der Waals surface area contributed by atoms with Gasteiger partial charge in [-0.15, -0.1) is 0 Å². The summed E-state index contributed by atoms with van der Waals surface area (Å²) in [4.78, 5) is 12.8. The monoisotopic (exact) mass is 318 g/mol. The minimum Gasteiger partial charge on any atom is -0.490 e. The van der Waals surface area contributed by atoms with Crippen LogP contribution < -0.4 is 10.2 Å². The second kappa shape index (κ2) is 6.11. The maximum absolute atomic E-state index is 13.9. The number of hydrogen-bond donors (Lipinski definition) is 1. The minimum atomic E-state index is -0.369. The summed E-state index contributed by atoms with van der Waals surface area (Å²) in [5.74, 6) is -0.223. The third-order valence-corrected chi connectivity index (χ3v) is 5.44. The molecule has 0 bridgehead atoms. The molecule has 0 spiro atoms. The number of hydrogen-bond acceptors (Lipinski definition) is 3. The highest BCUT2D eigenvalue weighted by Gasteiger charge is 2.35. The van der Waals surface area contributed by atoms with Gasteiger partial charge in [0.25, 0.3) is 5.91 Å². The maximum atomic E-state index is 13.9. The van der Waals surface area contributed by atoms with Crippen molar-refractivity contribution < 1.29 is 13.9 Å². The molecule has 1 N–H and O–H groups in total. The van der Waals surface area contributed by atoms with Crippen molar-refractivity contribution in [2.75, 3.05) is 6.61 Å². The van der Waals surface area contributed by atoms with Crippen LogP contribution in [0.3, 0.4) is 0 Å². The lowest BCUT2D eigenvalue weighted by Crippen LogP contribution is -2.58. The fourth-order valence-electron chi connectivity index (χ4n) is 3.63. The zero-order valence-corrected chi connectivity index (χ0v) is 13.3. The Bertz CT molecular complexity index is 597. The SMILES string of the molecule is O=C(NN(C1CCC1)C1CCC1)c1ccc(F)c2c1CCCO2. The van der Waals surface area contributed by atoms with E-state index in [0.717, 1.165) is 37.7 Å². The van der Waals surface area contributed by atoms with Crippen LogP contribution in [-0.4, -0.2) is 29.6 Å². The summed E-state index contributed by atoms with van der Waals surface area (Å²) in [7, 11) is 0. The maximum Gasteiger partial charge on any atom is 0.266 e. The van der Waals surface area contributed by atoms with Gasteiger partial charge in [-0.3, -0.25) is 10.2 Å². The van der Waals surface area contributed by atoms with Gasteiger partial charge in [0.2, 0.25) is 0 Å². The number of benzene rings is 1. The van der Waals surface area contributed by atoms with Gasteiger partial charge in [0.1, 0.15) is 0 Å². The normalized spacial score (nSPS) is 21.1. The van der Waals surface area contributed by atoms with E-state index in [2.05, 4.69) is 10.4 Å². The first-order chi connectivity index (χ1) is 11.2. The number of nitrogens with zero attached hydrogens (tertiary/aromatic N) is 1. The van der Waals surface area contributed by atoms with Crippen LogP contribution in [0, 0.1) is 5.82 Å². The molecule has 23 heavy (non-hydrogen) atoms. The van der Waals surface area contributed by atoms with Crippen molar-refractivity contribution in [3.63, 3.8) is 0 Å². The van der Waals surface area contributed by atoms with Gasteiger partial charge < -0.3 is 4.74 Å². The zero-order chi connectivity index (χ0) is 15.8. The number of amides is 1. The highest BCUT2D eigenvalue weighted by Crippen LogP contribution is 2.34. The molecular weight excluding hydrogens is 295 g/mol. The molecule has 1 aromatic rings. The number of hydrazine groups is 1. The van der Waals surface area contributed by atoms with Crippen molar-refractivity contribution in [2.45, 2.75) is 63.5 Å². The molecule has 1 aromatic carbocycles. The van der Waals surface area contributed by atoms with Crippen molar-refractivity contribution >= 4 is 5.91 Å². The van der Waals surface area contributed by atoms with Crippen molar-refractivity contribution in [3.8, 4) is 5.75 Å². The predicted octanol–water partition coefficient (Wildman–Crippen LogP) is 3.20. The van der Waals surface area contributed by atoms with E-state index in [1.807, 2.05) is 0 Å². The van der Waals surface area contributed by atoms with Gasteiger partial charge in [0.05, 0.1) is 6.61 Å². The summed E-state index contributed by atoms with van der Waals surface area (Å²) in [6, 6.07) is 3.88. The summed E-state index contributed by atoms with van der Waals surface area (Å²) < 4.78 is 19.3. The van der Waals surface area contributed by atoms with E-state index < -0.39 is 0 Å². The third-order valence-electron chi connectivity index (χ3n) is 5.44. The summed E-state index contributed by atoms with van der Waals surface area (Å²) in [5, 5.41) is 2.18. The molecule has 2 aliphatic carbocycles. The molecule has 2 saturated carbocycles. The highest BCUT2D eigenvalue weighted by atomic mass is 19.1. The summed E-state index contributed by atoms with van der Waals surface area (Å²) >= 11 is 0. The predicted molar refractivity (Wildman–Crippen MR) is 84.8 cm³/mol. The van der Waals surface area contributed by atoms with Gasteiger partial charge >= 0.3 is 0 Å². The molecular formula is C18H23FN2O2. The summed E-state index contributed by atoms with van der Waals surface area (Å²) in [5.41, 5.74) is 4.40. The van der Waals surface area contributed by atoms with E-state index in [1.165, 1.54) is 18.9 Å². The average molecular weight is 318 g/mol. The Labute approximate surface area is 136 Å². The molecule has 1 amide bonds. The standard InChI is InChI=1S/C18H23FN2O2/c19-16-10-9-15(14-8-3-11-23-17(14)16)18(22)20-21(12-4-1-5-12)13-6-2-7-13/h9-10,12-13H,1-8,11H2,(H,20,22). The molecule has 0 atom stereocenters. The van der Waals surface area contributed by atoms with Crippen LogP contribution in [-0.2, 0) is 6.42 Å². The first-order valence-corrected chi connectivity index (χ1v) is 8.77. The molecule has 0 saturated heterocycles. The number of carbonyl (C=O) groups excluding carboxylic acids is 1. The number of halogens is 1. The molecule has 5 heteroatoms. The number of carbonyl (C=O) groups is 1. The molecule has 1 heterocycles. The van der Waals surface area contributed by atoms with E-state index in [4.69, 9.17) is 4.74 Å². The first kappa shape index (κ1) is 14.9. The number of nitrogens with one attached hydrogen (secondary N) is 1. The van der Waals surface area contributed by atoms with E-state index in [9.17, 15) is 9.18 Å². The van der Waals surface area contributed by atoms with Crippen molar-refractivity contribution in [2.24, 2.45) is 0 Å². The summed E-state index contributed by atoms with van der Waals surface area (Å²) in [6.07, 6.45) is 8.62. The fraction of sp³-hybridized carbons (Fsp3) is 0.611. The van der Waals surface area contributed by atoms with Crippen LogP contribution in [0.15, 0.2) is 12.1 Å². The van der Waals surface area contributed by atoms with Crippen LogP contribution in [0.5, 0.6) is 5.75 Å². The molecule has 1 aliphatic heterocycles. The molecule has 0 radical (unpaired) electrons. The molecule has 4 nitrogen and oxygen atoms in total. The number of ether oxygens (including phenoxy) is 1. The Morgan fingerprint density at radius 2 is 1.83 bits per heavy atom. The van der Waals surface area contributed by atoms with E-state index in [-0.39, 0.29) is 17.5 Å². The van der Waals surface area contributed by atoms with Crippen molar-refractivity contribution in [3.05, 3.63) is 29.1 Å². The van der Waals surface area contributed by atoms with Gasteiger partial charge in [0.15, 0.2) is 11.6 Å². The third kappa shape index (κ3) is 2.71. The lowest BCUT2D eigenvalue weighted by Gasteiger charge is -2.45. The Hall–Kier alpha value is -1.62. The minimum absolute atomic E-state index is 0.120. The Morgan fingerprint density at radius 1 is 1.13 bits per heavy atom. The van der Waals surface area contributed by atoms with Gasteiger partial charge in [-0.1, -0.05) is 12.8 Å². The topological polar surface area (TPSA) is 41.6 Å². The Morgan fingerprint density at radius 3 is 2.43 bits per heavy atom. The molecule has 4 rings (SSSR count). The molecule has 124 valence electrons. The fourth-order valence-corrected chi connectivity index (χ4v) is 3.63. The second-order valence-corrected chi connectivity index (χ2v) is 6.87. The van der Waals surface area contributed by atoms with Crippen molar-refractivity contribution in [1.29, 1.82) is 0 Å².